The predicted molar refractivity (Wildman–Crippen MR) is 82.9 cm³/mol. The molecule has 23 heavy (non-hydrogen) atoms. The summed E-state index contributed by atoms with van der Waals surface area (Å²) in [4.78, 5) is 11.9. The highest BCUT2D eigenvalue weighted by atomic mass is 79.9. The van der Waals surface area contributed by atoms with Crippen LogP contribution in [0, 0.1) is 0 Å². The van der Waals surface area contributed by atoms with Crippen LogP contribution in [0.4, 0.5) is 13.2 Å². The van der Waals surface area contributed by atoms with Crippen molar-refractivity contribution >= 4 is 63.9 Å². The molecule has 0 radical (unpaired) electrons. The lowest BCUT2D eigenvalue weighted by Gasteiger charge is -2.20. The smallest absolute Gasteiger partial charge is 0.426 e. The van der Waals surface area contributed by atoms with Crippen molar-refractivity contribution in [2.75, 3.05) is 5.75 Å². The van der Waals surface area contributed by atoms with Gasteiger partial charge in [-0.15, -0.1) is 0 Å². The molecule has 13 heteroatoms. The van der Waals surface area contributed by atoms with E-state index < -0.39 is 45.4 Å². The summed E-state index contributed by atoms with van der Waals surface area (Å²) in [6.45, 7) is 0. The number of benzene rings is 1. The average Bonchev–Trinajstić information content (AvgIpc) is 2.32. The van der Waals surface area contributed by atoms with E-state index in [9.17, 15) is 31.5 Å². The number of rotatable bonds is 4. The number of carbonyl (C=O) groups is 1. The van der Waals surface area contributed by atoms with Gasteiger partial charge >= 0.3 is 12.1 Å². The van der Waals surface area contributed by atoms with Gasteiger partial charge in [-0.2, -0.15) is 21.6 Å². The van der Waals surface area contributed by atoms with Crippen molar-refractivity contribution in [2.45, 2.75) is 12.3 Å². The van der Waals surface area contributed by atoms with Gasteiger partial charge in [0.2, 0.25) is 6.10 Å². The van der Waals surface area contributed by atoms with Gasteiger partial charge in [0.1, 0.15) is 11.5 Å². The van der Waals surface area contributed by atoms with Crippen molar-refractivity contribution in [1.82, 2.24) is 0 Å². The van der Waals surface area contributed by atoms with Gasteiger partial charge in [0.05, 0.1) is 14.5 Å². The summed E-state index contributed by atoms with van der Waals surface area (Å²) in [6, 6.07) is 1.18. The molecule has 0 bridgehead atoms. The van der Waals surface area contributed by atoms with E-state index in [4.69, 9.17) is 4.55 Å². The minimum Gasteiger partial charge on any atom is -0.506 e. The minimum absolute atomic E-state index is 0.0215. The van der Waals surface area contributed by atoms with Gasteiger partial charge in [-0.25, -0.2) is 4.79 Å². The van der Waals surface area contributed by atoms with Gasteiger partial charge in [-0.3, -0.25) is 4.55 Å². The SMILES string of the molecule is O=C(OC(CS(=O)(=O)O)C(F)(F)F)c1c(Br)cc(Br)c(O)c1Br. The van der Waals surface area contributed by atoms with Crippen molar-refractivity contribution in [3.8, 4) is 5.75 Å². The molecule has 1 aromatic carbocycles. The van der Waals surface area contributed by atoms with Crippen molar-refractivity contribution in [3.63, 3.8) is 0 Å². The molecule has 6 nitrogen and oxygen atoms in total. The van der Waals surface area contributed by atoms with Gasteiger partial charge in [0.25, 0.3) is 10.1 Å². The molecule has 0 spiro atoms. The monoisotopic (exact) mass is 548 g/mol. The first-order chi connectivity index (χ1) is 10.2. The number of esters is 1. The molecule has 1 atom stereocenters. The summed E-state index contributed by atoms with van der Waals surface area (Å²) in [7, 11) is -5.05. The largest absolute Gasteiger partial charge is 0.506 e. The van der Waals surface area contributed by atoms with Gasteiger partial charge in [-0.05, 0) is 53.9 Å². The fourth-order valence-corrected chi connectivity index (χ4v) is 4.43. The molecule has 0 aliphatic carbocycles. The maximum Gasteiger partial charge on any atom is 0.426 e. The molecule has 0 aliphatic heterocycles. The molecular formula is C10H6Br3F3O6S. The van der Waals surface area contributed by atoms with Gasteiger partial charge < -0.3 is 9.84 Å². The summed E-state index contributed by atoms with van der Waals surface area (Å²) in [6.07, 6.45) is -8.29. The third kappa shape index (κ3) is 5.59. The molecule has 0 aliphatic rings. The fourth-order valence-electron chi connectivity index (χ4n) is 1.34. The first kappa shape index (κ1) is 20.7. The lowest BCUT2D eigenvalue weighted by atomic mass is 10.2. The van der Waals surface area contributed by atoms with E-state index in [2.05, 4.69) is 52.5 Å². The number of hydrogen-bond acceptors (Lipinski definition) is 5. The number of halogens is 6. The van der Waals surface area contributed by atoms with Crippen LogP contribution in [0.25, 0.3) is 0 Å². The first-order valence-corrected chi connectivity index (χ1v) is 9.32. The molecule has 0 saturated carbocycles. The Morgan fingerprint density at radius 1 is 1.26 bits per heavy atom. The minimum atomic E-state index is -5.22. The van der Waals surface area contributed by atoms with Crippen LogP contribution in [0.3, 0.4) is 0 Å². The van der Waals surface area contributed by atoms with Crippen LogP contribution in [-0.2, 0) is 14.9 Å². The fraction of sp³-hybridized carbons (Fsp3) is 0.300. The molecular weight excluding hydrogens is 545 g/mol. The van der Waals surface area contributed by atoms with Gasteiger partial charge in [-0.1, -0.05) is 0 Å². The Balaban J connectivity index is 3.22. The van der Waals surface area contributed by atoms with Gasteiger partial charge in [0, 0.05) is 4.47 Å². The second-order valence-electron chi connectivity index (χ2n) is 4.06. The maximum absolute atomic E-state index is 12.7. The third-order valence-electron chi connectivity index (χ3n) is 2.33. The van der Waals surface area contributed by atoms with Crippen molar-refractivity contribution in [1.29, 1.82) is 0 Å². The molecule has 1 unspecified atom stereocenters. The Labute approximate surface area is 153 Å². The number of alkyl halides is 3. The van der Waals surface area contributed by atoms with E-state index >= 15 is 0 Å². The Morgan fingerprint density at radius 2 is 1.78 bits per heavy atom. The van der Waals surface area contributed by atoms with Crippen LogP contribution in [0.1, 0.15) is 10.4 Å². The molecule has 0 amide bonds. The second-order valence-corrected chi connectivity index (χ2v) is 8.06. The molecule has 0 saturated heterocycles. The number of hydrogen-bond donors (Lipinski definition) is 2. The van der Waals surface area contributed by atoms with Crippen LogP contribution in [0.5, 0.6) is 5.75 Å². The zero-order valence-corrected chi connectivity index (χ0v) is 16.1. The van der Waals surface area contributed by atoms with Crippen LogP contribution in [0.15, 0.2) is 19.5 Å². The number of phenols is 1. The third-order valence-corrected chi connectivity index (χ3v) is 5.05. The molecule has 1 rings (SSSR count). The normalized spacial score (nSPS) is 13.7. The predicted octanol–water partition coefficient (Wildman–Crippen LogP) is 3.66. The van der Waals surface area contributed by atoms with E-state index in [0.717, 1.165) is 0 Å². The number of ether oxygens (including phenoxy) is 1. The standard InChI is InChI=1S/C10H6Br3F3O6S/c11-3-1-4(12)8(17)7(13)6(3)9(18)22-5(10(14,15)16)2-23(19,20)21/h1,5,17H,2H2,(H,19,20,21). The topological polar surface area (TPSA) is 101 Å². The van der Waals surface area contributed by atoms with E-state index in [-0.39, 0.29) is 13.4 Å². The Hall–Kier alpha value is -0.370. The molecule has 130 valence electrons. The van der Waals surface area contributed by atoms with Gasteiger partial charge in [0.15, 0.2) is 0 Å². The quantitative estimate of drug-likeness (QED) is 0.438. The highest BCUT2D eigenvalue weighted by Gasteiger charge is 2.46. The van der Waals surface area contributed by atoms with Crippen molar-refractivity contribution in [2.24, 2.45) is 0 Å². The highest BCUT2D eigenvalue weighted by Crippen LogP contribution is 2.40. The van der Waals surface area contributed by atoms with Crippen molar-refractivity contribution < 1.29 is 40.8 Å². The molecule has 2 N–H and O–H groups in total. The lowest BCUT2D eigenvalue weighted by Crippen LogP contribution is -2.39. The Kier molecular flexibility index (Phi) is 6.52. The van der Waals surface area contributed by atoms with Crippen molar-refractivity contribution in [3.05, 3.63) is 25.0 Å². The Morgan fingerprint density at radius 3 is 2.22 bits per heavy atom. The summed E-state index contributed by atoms with van der Waals surface area (Å²) in [5.41, 5.74) is -0.490. The number of carbonyl (C=O) groups excluding carboxylic acids is 1. The van der Waals surface area contributed by atoms with Crippen LogP contribution in [-0.4, -0.2) is 42.1 Å². The first-order valence-electron chi connectivity index (χ1n) is 5.33. The summed E-state index contributed by atoms with van der Waals surface area (Å²) < 4.78 is 72.0. The van der Waals surface area contributed by atoms with E-state index in [1.807, 2.05) is 0 Å². The lowest BCUT2D eigenvalue weighted by molar-refractivity contribution is -0.197. The van der Waals surface area contributed by atoms with Crippen LogP contribution < -0.4 is 0 Å². The zero-order valence-electron chi connectivity index (χ0n) is 10.6. The number of phenolic OH excluding ortho intramolecular Hbond substituents is 1. The molecule has 1 aromatic rings. The average molecular weight is 551 g/mol. The molecule has 0 aromatic heterocycles. The Bertz CT molecular complexity index is 734. The zero-order chi connectivity index (χ0) is 18.2. The summed E-state index contributed by atoms with van der Waals surface area (Å²) >= 11 is 8.69. The van der Waals surface area contributed by atoms with E-state index in [0.29, 0.717) is 0 Å². The molecule has 0 fully saturated rings. The van der Waals surface area contributed by atoms with Crippen LogP contribution in [0.2, 0.25) is 0 Å². The van der Waals surface area contributed by atoms with E-state index in [1.54, 1.807) is 0 Å². The van der Waals surface area contributed by atoms with Crippen LogP contribution >= 0.6 is 47.8 Å². The van der Waals surface area contributed by atoms with E-state index in [1.165, 1.54) is 6.07 Å². The maximum atomic E-state index is 12.7. The second kappa shape index (κ2) is 7.25. The highest BCUT2D eigenvalue weighted by molar-refractivity contribution is 9.11. The molecule has 0 heterocycles. The summed E-state index contributed by atoms with van der Waals surface area (Å²) in [5.74, 6) is -3.88. The summed E-state index contributed by atoms with van der Waals surface area (Å²) in [5, 5.41) is 9.66. The number of aromatic hydroxyl groups is 1.